The molecule has 1 aromatic heterocycles. The van der Waals surface area contributed by atoms with E-state index in [9.17, 15) is 0 Å². The molecule has 1 aromatic rings. The summed E-state index contributed by atoms with van der Waals surface area (Å²) >= 11 is 1.87. The Kier molecular flexibility index (Phi) is 5.81. The zero-order chi connectivity index (χ0) is 15.5. The van der Waals surface area contributed by atoms with Crippen LogP contribution in [-0.2, 0) is 11.2 Å². The van der Waals surface area contributed by atoms with Crippen molar-refractivity contribution in [3.05, 3.63) is 15.6 Å². The smallest absolute Gasteiger partial charge is 0.123 e. The zero-order valence-electron chi connectivity index (χ0n) is 14.2. The van der Waals surface area contributed by atoms with E-state index in [-0.39, 0.29) is 11.5 Å². The van der Waals surface area contributed by atoms with Crippen LogP contribution in [-0.4, -0.2) is 18.1 Å². The number of nitrogens with one attached hydrogen (secondary N) is 1. The maximum absolute atomic E-state index is 6.01. The van der Waals surface area contributed by atoms with Crippen LogP contribution in [0.2, 0.25) is 0 Å². The van der Waals surface area contributed by atoms with Gasteiger partial charge >= 0.3 is 0 Å². The fraction of sp³-hybridized carbons (Fsp3) is 0.824. The Morgan fingerprint density at radius 1 is 1.38 bits per heavy atom. The molecular formula is C17H30N2OS. The maximum atomic E-state index is 6.01. The predicted octanol–water partition coefficient (Wildman–Crippen LogP) is 4.64. The maximum Gasteiger partial charge on any atom is 0.123 e. The number of rotatable bonds is 6. The fourth-order valence-electron chi connectivity index (χ4n) is 2.93. The second kappa shape index (κ2) is 7.21. The first kappa shape index (κ1) is 16.9. The van der Waals surface area contributed by atoms with E-state index in [2.05, 4.69) is 39.9 Å². The van der Waals surface area contributed by atoms with Crippen LogP contribution in [0.3, 0.4) is 0 Å². The third-order valence-corrected chi connectivity index (χ3v) is 5.13. The molecule has 0 saturated heterocycles. The Morgan fingerprint density at radius 3 is 2.76 bits per heavy atom. The van der Waals surface area contributed by atoms with Crippen molar-refractivity contribution in [3.8, 4) is 0 Å². The molecule has 0 aliphatic heterocycles. The number of thiazole rings is 1. The Balaban J connectivity index is 2.25. The van der Waals surface area contributed by atoms with E-state index in [0.717, 1.165) is 13.2 Å². The van der Waals surface area contributed by atoms with Gasteiger partial charge < -0.3 is 10.1 Å². The van der Waals surface area contributed by atoms with E-state index in [0.29, 0.717) is 6.04 Å². The molecule has 21 heavy (non-hydrogen) atoms. The molecule has 0 fully saturated rings. The number of nitrogens with zero attached hydrogens (tertiary/aromatic N) is 1. The zero-order valence-corrected chi connectivity index (χ0v) is 15.0. The molecule has 2 unspecified atom stereocenters. The summed E-state index contributed by atoms with van der Waals surface area (Å²) in [6, 6.07) is 0.445. The minimum atomic E-state index is 0.0861. The Labute approximate surface area is 133 Å². The second-order valence-corrected chi connectivity index (χ2v) is 8.08. The summed E-state index contributed by atoms with van der Waals surface area (Å²) in [5.74, 6) is 0. The second-order valence-electron chi connectivity index (χ2n) is 6.96. The molecule has 2 rings (SSSR count). The van der Waals surface area contributed by atoms with Crippen molar-refractivity contribution in [1.82, 2.24) is 10.3 Å². The summed E-state index contributed by atoms with van der Waals surface area (Å²) in [5, 5.41) is 4.82. The predicted molar refractivity (Wildman–Crippen MR) is 89.9 cm³/mol. The van der Waals surface area contributed by atoms with E-state index < -0.39 is 0 Å². The highest BCUT2D eigenvalue weighted by atomic mass is 32.1. The molecular weight excluding hydrogens is 280 g/mol. The normalized spacial score (nSPS) is 20.3. The highest BCUT2D eigenvalue weighted by Crippen LogP contribution is 2.42. The molecule has 0 bridgehead atoms. The highest BCUT2D eigenvalue weighted by Gasteiger charge is 2.32. The van der Waals surface area contributed by atoms with Gasteiger partial charge in [-0.05, 0) is 44.6 Å². The minimum Gasteiger partial charge on any atom is -0.371 e. The molecule has 0 spiro atoms. The van der Waals surface area contributed by atoms with Gasteiger partial charge in [0.2, 0.25) is 0 Å². The average Bonchev–Trinajstić information content (AvgIpc) is 2.84. The van der Waals surface area contributed by atoms with Gasteiger partial charge in [0, 0.05) is 11.5 Å². The summed E-state index contributed by atoms with van der Waals surface area (Å²) in [6.07, 6.45) is 4.94. The topological polar surface area (TPSA) is 34.1 Å². The Morgan fingerprint density at radius 2 is 2.14 bits per heavy atom. The lowest BCUT2D eigenvalue weighted by Gasteiger charge is -2.28. The number of hydrogen-bond acceptors (Lipinski definition) is 4. The van der Waals surface area contributed by atoms with Gasteiger partial charge in [-0.2, -0.15) is 0 Å². The Bertz CT molecular complexity index is 450. The highest BCUT2D eigenvalue weighted by molar-refractivity contribution is 7.11. The fourth-order valence-corrected chi connectivity index (χ4v) is 4.39. The molecule has 1 aliphatic carbocycles. The van der Waals surface area contributed by atoms with Gasteiger partial charge in [-0.3, -0.25) is 0 Å². The molecule has 4 heteroatoms. The van der Waals surface area contributed by atoms with Crippen molar-refractivity contribution in [3.63, 3.8) is 0 Å². The van der Waals surface area contributed by atoms with Crippen molar-refractivity contribution >= 4 is 11.3 Å². The van der Waals surface area contributed by atoms with Crippen LogP contribution in [0.15, 0.2) is 0 Å². The number of hydrogen-bond donors (Lipinski definition) is 1. The summed E-state index contributed by atoms with van der Waals surface area (Å²) in [4.78, 5) is 6.47. The van der Waals surface area contributed by atoms with E-state index >= 15 is 0 Å². The lowest BCUT2D eigenvalue weighted by molar-refractivity contribution is -0.0134. The SMILES string of the molecule is CCCNC1CCCc2sc(C(OCC)C(C)(C)C)nc21. The first-order chi connectivity index (χ1) is 9.97. The first-order valence-electron chi connectivity index (χ1n) is 8.31. The first-order valence-corrected chi connectivity index (χ1v) is 9.13. The number of aryl methyl sites for hydroxylation is 1. The van der Waals surface area contributed by atoms with E-state index in [1.807, 2.05) is 11.3 Å². The summed E-state index contributed by atoms with van der Waals surface area (Å²) in [7, 11) is 0. The number of aromatic nitrogens is 1. The molecule has 1 N–H and O–H groups in total. The third-order valence-electron chi connectivity index (χ3n) is 3.96. The average molecular weight is 311 g/mol. The van der Waals surface area contributed by atoms with Crippen LogP contribution >= 0.6 is 11.3 Å². The molecule has 0 saturated carbocycles. The lowest BCUT2D eigenvalue weighted by Crippen LogP contribution is -2.26. The molecule has 1 heterocycles. The van der Waals surface area contributed by atoms with Crippen LogP contribution in [0.5, 0.6) is 0 Å². The third kappa shape index (κ3) is 4.05. The molecule has 120 valence electrons. The van der Waals surface area contributed by atoms with Crippen LogP contribution < -0.4 is 5.32 Å². The molecule has 1 aliphatic rings. The summed E-state index contributed by atoms with van der Waals surface area (Å²) in [6.45, 7) is 12.8. The van der Waals surface area contributed by atoms with Crippen LogP contribution in [0, 0.1) is 5.41 Å². The van der Waals surface area contributed by atoms with Crippen molar-refractivity contribution < 1.29 is 4.74 Å². The van der Waals surface area contributed by atoms with Gasteiger partial charge in [0.15, 0.2) is 0 Å². The molecule has 3 nitrogen and oxygen atoms in total. The largest absolute Gasteiger partial charge is 0.371 e. The van der Waals surface area contributed by atoms with Crippen molar-refractivity contribution in [2.45, 2.75) is 72.4 Å². The van der Waals surface area contributed by atoms with Crippen molar-refractivity contribution in [2.24, 2.45) is 5.41 Å². The quantitative estimate of drug-likeness (QED) is 0.831. The molecule has 0 amide bonds. The lowest BCUT2D eigenvalue weighted by atomic mass is 9.89. The molecule has 0 aromatic carbocycles. The monoisotopic (exact) mass is 310 g/mol. The van der Waals surface area contributed by atoms with Gasteiger partial charge in [-0.25, -0.2) is 4.98 Å². The van der Waals surface area contributed by atoms with Gasteiger partial charge in [-0.1, -0.05) is 27.7 Å². The van der Waals surface area contributed by atoms with E-state index in [4.69, 9.17) is 9.72 Å². The standard InChI is InChI=1S/C17H30N2OS/c1-6-11-18-12-9-8-10-13-14(12)19-16(21-13)15(20-7-2)17(3,4)5/h12,15,18H,6-11H2,1-5H3. The van der Waals surface area contributed by atoms with Crippen LogP contribution in [0.25, 0.3) is 0 Å². The summed E-state index contributed by atoms with van der Waals surface area (Å²) in [5.41, 5.74) is 1.38. The van der Waals surface area contributed by atoms with Crippen molar-refractivity contribution in [2.75, 3.05) is 13.2 Å². The number of ether oxygens (including phenoxy) is 1. The minimum absolute atomic E-state index is 0.0861. The van der Waals surface area contributed by atoms with Gasteiger partial charge in [0.1, 0.15) is 11.1 Å². The van der Waals surface area contributed by atoms with Gasteiger partial charge in [0.25, 0.3) is 0 Å². The summed E-state index contributed by atoms with van der Waals surface area (Å²) < 4.78 is 6.01. The van der Waals surface area contributed by atoms with Crippen LogP contribution in [0.1, 0.15) is 81.6 Å². The van der Waals surface area contributed by atoms with Crippen molar-refractivity contribution in [1.29, 1.82) is 0 Å². The Hall–Kier alpha value is -0.450. The van der Waals surface area contributed by atoms with Crippen LogP contribution in [0.4, 0.5) is 0 Å². The van der Waals surface area contributed by atoms with E-state index in [1.165, 1.54) is 41.3 Å². The van der Waals surface area contributed by atoms with Gasteiger partial charge in [0.05, 0.1) is 11.7 Å². The molecule has 2 atom stereocenters. The number of fused-ring (bicyclic) bond motifs is 1. The van der Waals surface area contributed by atoms with E-state index in [1.54, 1.807) is 0 Å². The molecule has 0 radical (unpaired) electrons. The van der Waals surface area contributed by atoms with Gasteiger partial charge in [-0.15, -0.1) is 11.3 Å².